The van der Waals surface area contributed by atoms with Crippen molar-refractivity contribution in [1.29, 1.82) is 0 Å². The number of carbonyl (C=O) groups excluding carboxylic acids is 1. The summed E-state index contributed by atoms with van der Waals surface area (Å²) in [6, 6.07) is -0.589. The van der Waals surface area contributed by atoms with Crippen molar-refractivity contribution in [1.82, 2.24) is 4.90 Å². The van der Waals surface area contributed by atoms with Crippen molar-refractivity contribution < 1.29 is 14.7 Å². The Hall–Kier alpha value is -0.710. The molecular weight excluding hydrogens is 370 g/mol. The molecule has 0 bridgehead atoms. The van der Waals surface area contributed by atoms with Gasteiger partial charge in [0.15, 0.2) is 0 Å². The number of thioether (sulfide) groups is 1. The summed E-state index contributed by atoms with van der Waals surface area (Å²) in [5.74, 6) is 1.12. The zero-order chi connectivity index (χ0) is 20.5. The van der Waals surface area contributed by atoms with Crippen molar-refractivity contribution in [3.05, 3.63) is 0 Å². The van der Waals surface area contributed by atoms with Crippen molar-refractivity contribution >= 4 is 23.6 Å². The predicted octanol–water partition coefficient (Wildman–Crippen LogP) is 6.28. The molecule has 0 aromatic rings. The highest BCUT2D eigenvalue weighted by molar-refractivity contribution is 7.99. The van der Waals surface area contributed by atoms with Gasteiger partial charge < -0.3 is 10.0 Å². The maximum Gasteiger partial charge on any atom is 0.326 e. The lowest BCUT2D eigenvalue weighted by Crippen LogP contribution is -2.39. The lowest BCUT2D eigenvalue weighted by Gasteiger charge is -2.21. The number of unbranched alkanes of at least 4 members (excludes halogenated alkanes) is 13. The first-order valence-corrected chi connectivity index (χ1v) is 12.9. The Morgan fingerprint density at radius 1 is 0.893 bits per heavy atom. The predicted molar refractivity (Wildman–Crippen MR) is 120 cm³/mol. The molecule has 0 radical (unpaired) electrons. The monoisotopic (exact) mass is 413 g/mol. The van der Waals surface area contributed by atoms with Crippen molar-refractivity contribution in [2.45, 2.75) is 116 Å². The second-order valence-corrected chi connectivity index (χ2v) is 9.41. The van der Waals surface area contributed by atoms with Crippen LogP contribution in [0.4, 0.5) is 0 Å². The molecule has 28 heavy (non-hydrogen) atoms. The van der Waals surface area contributed by atoms with Gasteiger partial charge in [0, 0.05) is 18.7 Å². The Morgan fingerprint density at radius 3 is 1.89 bits per heavy atom. The fourth-order valence-corrected chi connectivity index (χ4v) is 4.87. The Balaban J connectivity index is 1.80. The Morgan fingerprint density at radius 2 is 1.39 bits per heavy atom. The highest BCUT2D eigenvalue weighted by Gasteiger charge is 2.35. The molecule has 1 rings (SSSR count). The van der Waals surface area contributed by atoms with Crippen LogP contribution in [-0.4, -0.2) is 46.0 Å². The van der Waals surface area contributed by atoms with Gasteiger partial charge in [0.25, 0.3) is 0 Å². The van der Waals surface area contributed by atoms with Crippen molar-refractivity contribution in [3.63, 3.8) is 0 Å². The fraction of sp³-hybridized carbons (Fsp3) is 0.913. The average Bonchev–Trinajstić information content (AvgIpc) is 3.05. The molecule has 0 spiro atoms. The van der Waals surface area contributed by atoms with E-state index < -0.39 is 12.0 Å². The Labute approximate surface area is 177 Å². The van der Waals surface area contributed by atoms with E-state index in [1.165, 1.54) is 89.9 Å². The van der Waals surface area contributed by atoms with Gasteiger partial charge in [0.1, 0.15) is 6.04 Å². The lowest BCUT2D eigenvalue weighted by atomic mass is 10.0. The number of hydrogen-bond donors (Lipinski definition) is 1. The maximum atomic E-state index is 11.7. The molecule has 5 heteroatoms. The average molecular weight is 414 g/mol. The van der Waals surface area contributed by atoms with Crippen LogP contribution in [0.3, 0.4) is 0 Å². The number of carboxylic acids is 1. The normalized spacial score (nSPS) is 16.8. The van der Waals surface area contributed by atoms with Gasteiger partial charge in [-0.3, -0.25) is 4.79 Å². The Bertz CT molecular complexity index is 417. The first-order chi connectivity index (χ1) is 13.7. The van der Waals surface area contributed by atoms with Crippen LogP contribution in [0.2, 0.25) is 0 Å². The number of carboxylic acid groups (broad SMARTS) is 1. The Kier molecular flexibility index (Phi) is 15.5. The molecular formula is C23H43NO3S. The molecule has 1 aliphatic rings. The smallest absolute Gasteiger partial charge is 0.326 e. The van der Waals surface area contributed by atoms with E-state index in [0.717, 1.165) is 11.5 Å². The van der Waals surface area contributed by atoms with Gasteiger partial charge in [-0.25, -0.2) is 4.79 Å². The summed E-state index contributed by atoms with van der Waals surface area (Å²) in [6.07, 6.45) is 20.2. The molecule has 1 amide bonds. The summed E-state index contributed by atoms with van der Waals surface area (Å²) in [4.78, 5) is 24.4. The molecule has 1 heterocycles. The van der Waals surface area contributed by atoms with Crippen LogP contribution in [0.1, 0.15) is 110 Å². The largest absolute Gasteiger partial charge is 0.480 e. The van der Waals surface area contributed by atoms with Gasteiger partial charge >= 0.3 is 5.97 Å². The van der Waals surface area contributed by atoms with Gasteiger partial charge in [-0.2, -0.15) is 11.8 Å². The summed E-state index contributed by atoms with van der Waals surface area (Å²) in [7, 11) is 0. The maximum absolute atomic E-state index is 11.7. The molecule has 0 aromatic heterocycles. The van der Waals surface area contributed by atoms with E-state index in [1.807, 2.05) is 11.8 Å². The standard InChI is InChI=1S/C23H43NO3S/c1-2-3-4-5-6-7-8-9-10-11-12-13-14-15-19-28-20-18-24-21(23(26)27)16-17-22(24)25/h21H,2-20H2,1H3,(H,26,27). The molecule has 1 atom stereocenters. The third kappa shape index (κ3) is 12.0. The summed E-state index contributed by atoms with van der Waals surface area (Å²) >= 11 is 1.85. The van der Waals surface area contributed by atoms with Gasteiger partial charge in [-0.05, 0) is 18.6 Å². The molecule has 0 aromatic carbocycles. The van der Waals surface area contributed by atoms with Crippen molar-refractivity contribution in [2.75, 3.05) is 18.1 Å². The number of likely N-dealkylation sites (tertiary alicyclic amines) is 1. The van der Waals surface area contributed by atoms with Crippen LogP contribution >= 0.6 is 11.8 Å². The van der Waals surface area contributed by atoms with E-state index >= 15 is 0 Å². The zero-order valence-corrected chi connectivity index (χ0v) is 18.9. The molecule has 4 nitrogen and oxygen atoms in total. The second kappa shape index (κ2) is 17.2. The van der Waals surface area contributed by atoms with Gasteiger partial charge in [-0.15, -0.1) is 0 Å². The van der Waals surface area contributed by atoms with E-state index in [2.05, 4.69) is 6.92 Å². The van der Waals surface area contributed by atoms with Crippen LogP contribution in [0.15, 0.2) is 0 Å². The molecule has 1 saturated heterocycles. The first-order valence-electron chi connectivity index (χ1n) is 11.8. The number of carbonyl (C=O) groups is 2. The molecule has 1 unspecified atom stereocenters. The van der Waals surface area contributed by atoms with Crippen LogP contribution in [-0.2, 0) is 9.59 Å². The van der Waals surface area contributed by atoms with E-state index in [1.54, 1.807) is 4.90 Å². The molecule has 164 valence electrons. The third-order valence-corrected chi connectivity index (χ3v) is 6.78. The molecule has 1 fully saturated rings. The zero-order valence-electron chi connectivity index (χ0n) is 18.1. The van der Waals surface area contributed by atoms with Gasteiger partial charge in [0.2, 0.25) is 5.91 Å². The van der Waals surface area contributed by atoms with E-state index in [4.69, 9.17) is 5.11 Å². The van der Waals surface area contributed by atoms with Crippen LogP contribution < -0.4 is 0 Å². The van der Waals surface area contributed by atoms with Gasteiger partial charge in [-0.1, -0.05) is 90.4 Å². The number of hydrogen-bond acceptors (Lipinski definition) is 3. The van der Waals surface area contributed by atoms with Crippen molar-refractivity contribution in [3.8, 4) is 0 Å². The summed E-state index contributed by atoms with van der Waals surface area (Å²) in [5, 5.41) is 9.14. The molecule has 0 aliphatic carbocycles. The lowest BCUT2D eigenvalue weighted by molar-refractivity contribution is -0.146. The fourth-order valence-electron chi connectivity index (χ4n) is 3.93. The number of aliphatic carboxylic acids is 1. The molecule has 1 N–H and O–H groups in total. The summed E-state index contributed by atoms with van der Waals surface area (Å²) in [5.41, 5.74) is 0. The minimum atomic E-state index is -0.858. The quantitative estimate of drug-likeness (QED) is 0.253. The molecule has 0 saturated carbocycles. The number of rotatable bonds is 19. The minimum absolute atomic E-state index is 0.00416. The second-order valence-electron chi connectivity index (χ2n) is 8.19. The highest BCUT2D eigenvalue weighted by Crippen LogP contribution is 2.20. The topological polar surface area (TPSA) is 57.6 Å². The number of amides is 1. The van der Waals surface area contributed by atoms with Crippen LogP contribution in [0.25, 0.3) is 0 Å². The summed E-state index contributed by atoms with van der Waals surface area (Å²) in [6.45, 7) is 2.86. The first kappa shape index (κ1) is 25.3. The van der Waals surface area contributed by atoms with E-state index in [0.29, 0.717) is 19.4 Å². The van der Waals surface area contributed by atoms with Crippen molar-refractivity contribution in [2.24, 2.45) is 0 Å². The van der Waals surface area contributed by atoms with Gasteiger partial charge in [0.05, 0.1) is 0 Å². The SMILES string of the molecule is CCCCCCCCCCCCCCCCSCCN1C(=O)CCC1C(=O)O. The number of nitrogens with zero attached hydrogens (tertiary/aromatic N) is 1. The van der Waals surface area contributed by atoms with E-state index in [9.17, 15) is 9.59 Å². The van der Waals surface area contributed by atoms with E-state index in [-0.39, 0.29) is 5.91 Å². The molecule has 1 aliphatic heterocycles. The van der Waals surface area contributed by atoms with Crippen LogP contribution in [0, 0.1) is 0 Å². The van der Waals surface area contributed by atoms with Crippen LogP contribution in [0.5, 0.6) is 0 Å². The summed E-state index contributed by atoms with van der Waals surface area (Å²) < 4.78 is 0. The third-order valence-electron chi connectivity index (χ3n) is 5.73. The minimum Gasteiger partial charge on any atom is -0.480 e. The highest BCUT2D eigenvalue weighted by atomic mass is 32.2.